The minimum Gasteiger partial charge on any atom is -0.468 e. The molecule has 1 atom stereocenters. The number of fused-ring (bicyclic) bond motifs is 1. The molecule has 1 aromatic carbocycles. The Hall–Kier alpha value is -2.14. The number of carbonyl (C=O) groups is 1. The third kappa shape index (κ3) is 3.08. The Morgan fingerprint density at radius 1 is 1.25 bits per heavy atom. The molecule has 0 bridgehead atoms. The lowest BCUT2D eigenvalue weighted by atomic mass is 10.1. The van der Waals surface area contributed by atoms with Gasteiger partial charge in [-0.3, -0.25) is 4.79 Å². The molecular weight excluding hydrogens is 320 g/mol. The molecule has 3 aromatic rings. The molecule has 1 aliphatic heterocycles. The van der Waals surface area contributed by atoms with Gasteiger partial charge in [0.2, 0.25) is 5.91 Å². The van der Waals surface area contributed by atoms with E-state index < -0.39 is 0 Å². The Labute approximate surface area is 145 Å². The summed E-state index contributed by atoms with van der Waals surface area (Å²) in [6.45, 7) is 1.60. The second-order valence-corrected chi connectivity index (χ2v) is 7.39. The molecule has 1 aliphatic rings. The maximum absolute atomic E-state index is 12.7. The molecule has 124 valence electrons. The van der Waals surface area contributed by atoms with E-state index in [1.54, 1.807) is 6.26 Å². The van der Waals surface area contributed by atoms with Crippen LogP contribution in [0.5, 0.6) is 0 Å². The topological polar surface area (TPSA) is 49.2 Å². The monoisotopic (exact) mass is 340 g/mol. The first-order valence-electron chi connectivity index (χ1n) is 8.29. The Bertz CT molecular complexity index is 825. The van der Waals surface area contributed by atoms with Crippen molar-refractivity contribution in [3.63, 3.8) is 0 Å². The van der Waals surface area contributed by atoms with Crippen molar-refractivity contribution in [1.29, 1.82) is 0 Å². The quantitative estimate of drug-likeness (QED) is 0.784. The fourth-order valence-corrected chi connectivity index (χ4v) is 4.46. The van der Waals surface area contributed by atoms with Crippen LogP contribution in [-0.2, 0) is 11.2 Å². The highest BCUT2D eigenvalue weighted by molar-refractivity contribution is 7.99. The number of rotatable bonds is 3. The van der Waals surface area contributed by atoms with Crippen molar-refractivity contribution >= 4 is 28.6 Å². The highest BCUT2D eigenvalue weighted by Crippen LogP contribution is 2.34. The summed E-state index contributed by atoms with van der Waals surface area (Å²) in [5, 5.41) is 1.49. The summed E-state index contributed by atoms with van der Waals surface area (Å²) in [5.41, 5.74) is 2.17. The molecule has 1 N–H and O–H groups in total. The Morgan fingerprint density at radius 2 is 2.17 bits per heavy atom. The van der Waals surface area contributed by atoms with Gasteiger partial charge in [0.15, 0.2) is 0 Å². The summed E-state index contributed by atoms with van der Waals surface area (Å²) in [4.78, 5) is 18.0. The van der Waals surface area contributed by atoms with Gasteiger partial charge in [0.05, 0.1) is 17.9 Å². The average Bonchev–Trinajstić information content (AvgIpc) is 3.20. The molecular formula is C19H20N2O2S. The molecule has 0 saturated carbocycles. The number of benzene rings is 1. The van der Waals surface area contributed by atoms with E-state index in [0.717, 1.165) is 47.5 Å². The van der Waals surface area contributed by atoms with E-state index in [1.807, 2.05) is 53.2 Å². The van der Waals surface area contributed by atoms with Gasteiger partial charge in [-0.2, -0.15) is 0 Å². The average molecular weight is 340 g/mol. The second kappa shape index (κ2) is 6.77. The van der Waals surface area contributed by atoms with Crippen molar-refractivity contribution in [2.24, 2.45) is 0 Å². The fraction of sp³-hybridized carbons (Fsp3) is 0.316. The van der Waals surface area contributed by atoms with E-state index in [2.05, 4.69) is 11.1 Å². The van der Waals surface area contributed by atoms with Crippen molar-refractivity contribution < 1.29 is 9.21 Å². The molecule has 3 heterocycles. The predicted octanol–water partition coefficient (Wildman–Crippen LogP) is 4.01. The van der Waals surface area contributed by atoms with Gasteiger partial charge in [-0.15, -0.1) is 11.8 Å². The minimum absolute atomic E-state index is 0.209. The van der Waals surface area contributed by atoms with Gasteiger partial charge >= 0.3 is 0 Å². The summed E-state index contributed by atoms with van der Waals surface area (Å²) in [5.74, 6) is 2.18. The Morgan fingerprint density at radius 3 is 3.04 bits per heavy atom. The van der Waals surface area contributed by atoms with Crippen LogP contribution in [0.2, 0.25) is 0 Å². The van der Waals surface area contributed by atoms with Crippen LogP contribution in [0.4, 0.5) is 0 Å². The van der Waals surface area contributed by atoms with Crippen LogP contribution in [0.15, 0.2) is 53.3 Å². The van der Waals surface area contributed by atoms with Gasteiger partial charge in [-0.1, -0.05) is 18.2 Å². The third-order valence-electron chi connectivity index (χ3n) is 4.57. The first kappa shape index (κ1) is 15.4. The number of hydrogen-bond acceptors (Lipinski definition) is 3. The van der Waals surface area contributed by atoms with Gasteiger partial charge in [0.1, 0.15) is 5.76 Å². The number of thioether (sulfide) groups is 1. The summed E-state index contributed by atoms with van der Waals surface area (Å²) < 4.78 is 5.53. The van der Waals surface area contributed by atoms with Gasteiger partial charge in [0.25, 0.3) is 0 Å². The summed E-state index contributed by atoms with van der Waals surface area (Å²) in [7, 11) is 0. The molecule has 0 aliphatic carbocycles. The fourth-order valence-electron chi connectivity index (χ4n) is 3.27. The number of carbonyl (C=O) groups excluding carboxylic acids is 1. The molecule has 1 unspecified atom stereocenters. The smallest absolute Gasteiger partial charge is 0.227 e. The van der Waals surface area contributed by atoms with Crippen LogP contribution < -0.4 is 0 Å². The van der Waals surface area contributed by atoms with Crippen molar-refractivity contribution in [2.75, 3.05) is 18.8 Å². The summed E-state index contributed by atoms with van der Waals surface area (Å²) in [6, 6.07) is 12.1. The first-order valence-corrected chi connectivity index (χ1v) is 9.34. The molecule has 24 heavy (non-hydrogen) atoms. The van der Waals surface area contributed by atoms with Gasteiger partial charge < -0.3 is 14.3 Å². The molecule has 1 saturated heterocycles. The number of amides is 1. The molecule has 5 heteroatoms. The maximum atomic E-state index is 12.7. The Kier molecular flexibility index (Phi) is 4.34. The SMILES string of the molecule is O=C(Cc1c[nH]c2ccccc12)N1CCSC(c2ccco2)CC1. The molecule has 0 spiro atoms. The molecule has 2 aromatic heterocycles. The van der Waals surface area contributed by atoms with Crippen LogP contribution in [0, 0.1) is 0 Å². The number of H-pyrrole nitrogens is 1. The number of nitrogens with one attached hydrogen (secondary N) is 1. The van der Waals surface area contributed by atoms with Crippen LogP contribution in [0.1, 0.15) is 23.0 Å². The number of nitrogens with zero attached hydrogens (tertiary/aromatic N) is 1. The van der Waals surface area contributed by atoms with Gasteiger partial charge in [0, 0.05) is 35.9 Å². The number of furan rings is 1. The van der Waals surface area contributed by atoms with Crippen LogP contribution in [0.25, 0.3) is 10.9 Å². The van der Waals surface area contributed by atoms with Crippen molar-refractivity contribution in [3.05, 3.63) is 60.2 Å². The summed E-state index contributed by atoms with van der Waals surface area (Å²) >= 11 is 1.88. The lowest BCUT2D eigenvalue weighted by Gasteiger charge is -2.20. The number of para-hydroxylation sites is 1. The molecule has 1 amide bonds. The first-order chi connectivity index (χ1) is 11.8. The molecule has 0 radical (unpaired) electrons. The summed E-state index contributed by atoms with van der Waals surface area (Å²) in [6.07, 6.45) is 5.08. The predicted molar refractivity (Wildman–Crippen MR) is 97.1 cm³/mol. The minimum atomic E-state index is 0.209. The van der Waals surface area contributed by atoms with Crippen molar-refractivity contribution in [1.82, 2.24) is 9.88 Å². The second-order valence-electron chi connectivity index (χ2n) is 6.08. The van der Waals surface area contributed by atoms with Crippen LogP contribution in [-0.4, -0.2) is 34.6 Å². The third-order valence-corrected chi connectivity index (χ3v) is 5.86. The number of hydrogen-bond donors (Lipinski definition) is 1. The maximum Gasteiger partial charge on any atom is 0.227 e. The van der Waals surface area contributed by atoms with E-state index in [-0.39, 0.29) is 5.91 Å². The van der Waals surface area contributed by atoms with Crippen molar-refractivity contribution in [3.8, 4) is 0 Å². The molecule has 4 rings (SSSR count). The highest BCUT2D eigenvalue weighted by atomic mass is 32.2. The van der Waals surface area contributed by atoms with E-state index in [0.29, 0.717) is 11.7 Å². The Balaban J connectivity index is 1.43. The van der Waals surface area contributed by atoms with Crippen LogP contribution >= 0.6 is 11.8 Å². The number of aromatic nitrogens is 1. The number of aromatic amines is 1. The standard InChI is InChI=1S/C19H20N2O2S/c22-19(12-14-13-20-16-5-2-1-4-15(14)16)21-8-7-18(24-11-9-21)17-6-3-10-23-17/h1-6,10,13,18,20H,7-9,11-12H2. The van der Waals surface area contributed by atoms with Crippen LogP contribution in [0.3, 0.4) is 0 Å². The van der Waals surface area contributed by atoms with E-state index in [4.69, 9.17) is 4.42 Å². The van der Waals surface area contributed by atoms with E-state index in [9.17, 15) is 4.79 Å². The zero-order chi connectivity index (χ0) is 16.4. The highest BCUT2D eigenvalue weighted by Gasteiger charge is 2.24. The van der Waals surface area contributed by atoms with E-state index in [1.165, 1.54) is 0 Å². The molecule has 1 fully saturated rings. The zero-order valence-corrected chi connectivity index (χ0v) is 14.2. The molecule has 4 nitrogen and oxygen atoms in total. The van der Waals surface area contributed by atoms with E-state index >= 15 is 0 Å². The lowest BCUT2D eigenvalue weighted by molar-refractivity contribution is -0.130. The van der Waals surface area contributed by atoms with Crippen molar-refractivity contribution in [2.45, 2.75) is 18.1 Å². The normalized spacial score (nSPS) is 18.7. The zero-order valence-electron chi connectivity index (χ0n) is 13.4. The van der Waals surface area contributed by atoms with Gasteiger partial charge in [-0.25, -0.2) is 0 Å². The lowest BCUT2D eigenvalue weighted by Crippen LogP contribution is -2.34. The largest absolute Gasteiger partial charge is 0.468 e. The van der Waals surface area contributed by atoms with Gasteiger partial charge in [-0.05, 0) is 30.2 Å².